The van der Waals surface area contributed by atoms with E-state index < -0.39 is 5.97 Å². The van der Waals surface area contributed by atoms with E-state index in [4.69, 9.17) is 0 Å². The molecule has 2 aromatic heterocycles. The van der Waals surface area contributed by atoms with Crippen LogP contribution < -0.4 is 11.0 Å². The van der Waals surface area contributed by atoms with E-state index in [2.05, 4.69) is 15.2 Å². The van der Waals surface area contributed by atoms with Crippen LogP contribution in [0.2, 0.25) is 0 Å². The van der Waals surface area contributed by atoms with Gasteiger partial charge >= 0.3 is 11.7 Å². The highest BCUT2D eigenvalue weighted by atomic mass is 16.5. The number of aromatic nitrogens is 3. The number of esters is 1. The van der Waals surface area contributed by atoms with Crippen LogP contribution in [0.3, 0.4) is 0 Å². The maximum absolute atomic E-state index is 12.6. The summed E-state index contributed by atoms with van der Waals surface area (Å²) in [7, 11) is 1.29. The minimum absolute atomic E-state index is 0.236. The third kappa shape index (κ3) is 3.83. The predicted molar refractivity (Wildman–Crippen MR) is 111 cm³/mol. The summed E-state index contributed by atoms with van der Waals surface area (Å²) in [6, 6.07) is 18.8. The minimum atomic E-state index is -0.510. The number of amides is 1. The third-order valence-electron chi connectivity index (χ3n) is 4.55. The number of rotatable bonds is 5. The third-order valence-corrected chi connectivity index (χ3v) is 4.55. The van der Waals surface area contributed by atoms with Crippen LogP contribution in [-0.4, -0.2) is 33.2 Å². The van der Waals surface area contributed by atoms with Crippen molar-refractivity contribution in [3.63, 3.8) is 0 Å². The number of carbonyl (C=O) groups is 2. The largest absolute Gasteiger partial charge is 0.465 e. The van der Waals surface area contributed by atoms with Gasteiger partial charge in [0, 0.05) is 17.4 Å². The molecule has 0 saturated carbocycles. The maximum atomic E-state index is 12.6. The molecule has 8 nitrogen and oxygen atoms in total. The van der Waals surface area contributed by atoms with Gasteiger partial charge in [0.15, 0.2) is 5.65 Å². The van der Waals surface area contributed by atoms with Gasteiger partial charge in [-0.15, -0.1) is 5.10 Å². The summed E-state index contributed by atoms with van der Waals surface area (Å²) in [6.07, 6.45) is 1.67. The Morgan fingerprint density at radius 2 is 1.80 bits per heavy atom. The smallest absolute Gasteiger partial charge is 0.350 e. The molecule has 0 aliphatic heterocycles. The van der Waals surface area contributed by atoms with Gasteiger partial charge in [-0.3, -0.25) is 9.20 Å². The Morgan fingerprint density at radius 1 is 1.00 bits per heavy atom. The molecule has 4 aromatic rings. The maximum Gasteiger partial charge on any atom is 0.350 e. The molecule has 0 aliphatic rings. The van der Waals surface area contributed by atoms with E-state index >= 15 is 0 Å². The van der Waals surface area contributed by atoms with E-state index in [0.717, 1.165) is 5.56 Å². The normalized spacial score (nSPS) is 10.7. The predicted octanol–water partition coefficient (Wildman–Crippen LogP) is 2.58. The number of ether oxygens (including phenoxy) is 1. The van der Waals surface area contributed by atoms with Crippen LogP contribution in [0, 0.1) is 0 Å². The summed E-state index contributed by atoms with van der Waals surface area (Å²) in [5.74, 6) is -0.868. The highest BCUT2D eigenvalue weighted by molar-refractivity contribution is 6.05. The molecule has 1 amide bonds. The zero-order chi connectivity index (χ0) is 21.1. The van der Waals surface area contributed by atoms with E-state index in [9.17, 15) is 14.4 Å². The van der Waals surface area contributed by atoms with Crippen molar-refractivity contribution in [2.75, 3.05) is 12.4 Å². The van der Waals surface area contributed by atoms with Gasteiger partial charge in [-0.2, -0.15) is 0 Å². The molecule has 0 spiro atoms. The van der Waals surface area contributed by atoms with Crippen LogP contribution in [-0.2, 0) is 11.3 Å². The van der Waals surface area contributed by atoms with Crippen molar-refractivity contribution in [1.82, 2.24) is 14.2 Å². The molecule has 150 valence electrons. The number of hydrogen-bond donors (Lipinski definition) is 1. The van der Waals surface area contributed by atoms with Crippen LogP contribution in [0.4, 0.5) is 5.69 Å². The number of pyridine rings is 1. The summed E-state index contributed by atoms with van der Waals surface area (Å²) >= 11 is 0. The van der Waals surface area contributed by atoms with Crippen molar-refractivity contribution in [2.24, 2.45) is 0 Å². The fourth-order valence-electron chi connectivity index (χ4n) is 3.10. The van der Waals surface area contributed by atoms with E-state index in [1.807, 2.05) is 12.1 Å². The number of nitrogens with one attached hydrogen (secondary N) is 1. The van der Waals surface area contributed by atoms with E-state index in [1.165, 1.54) is 22.3 Å². The first-order valence-electron chi connectivity index (χ1n) is 9.18. The molecule has 0 saturated heterocycles. The number of hydrogen-bond acceptors (Lipinski definition) is 5. The quantitative estimate of drug-likeness (QED) is 0.518. The van der Waals surface area contributed by atoms with Crippen molar-refractivity contribution < 1.29 is 14.3 Å². The molecule has 30 heavy (non-hydrogen) atoms. The highest BCUT2D eigenvalue weighted by Gasteiger charge is 2.12. The fourth-order valence-corrected chi connectivity index (χ4v) is 3.10. The molecular formula is C22H18N4O4. The lowest BCUT2D eigenvalue weighted by molar-refractivity contribution is 0.0600. The van der Waals surface area contributed by atoms with Crippen LogP contribution >= 0.6 is 0 Å². The topological polar surface area (TPSA) is 94.7 Å². The average molecular weight is 402 g/mol. The monoisotopic (exact) mass is 402 g/mol. The van der Waals surface area contributed by atoms with Gasteiger partial charge in [0.1, 0.15) is 0 Å². The molecule has 8 heteroatoms. The van der Waals surface area contributed by atoms with Crippen LogP contribution in [0.25, 0.3) is 5.65 Å². The summed E-state index contributed by atoms with van der Waals surface area (Å²) in [4.78, 5) is 36.7. The van der Waals surface area contributed by atoms with Crippen LogP contribution in [0.5, 0.6) is 0 Å². The molecule has 2 heterocycles. The molecule has 1 N–H and O–H groups in total. The molecule has 0 radical (unpaired) electrons. The number of carbonyl (C=O) groups excluding carboxylic acids is 2. The van der Waals surface area contributed by atoms with Crippen LogP contribution in [0.1, 0.15) is 26.3 Å². The van der Waals surface area contributed by atoms with E-state index in [0.29, 0.717) is 22.5 Å². The molecule has 0 fully saturated rings. The summed E-state index contributed by atoms with van der Waals surface area (Å²) in [6.45, 7) is 0.266. The number of methoxy groups -OCH3 is 1. The highest BCUT2D eigenvalue weighted by Crippen LogP contribution is 2.14. The Hall–Kier alpha value is -4.20. The van der Waals surface area contributed by atoms with Crippen molar-refractivity contribution in [3.8, 4) is 0 Å². The van der Waals surface area contributed by atoms with Crippen molar-refractivity contribution in [1.29, 1.82) is 0 Å². The fraction of sp³-hybridized carbons (Fsp3) is 0.0909. The first-order chi connectivity index (χ1) is 14.5. The van der Waals surface area contributed by atoms with Crippen molar-refractivity contribution in [2.45, 2.75) is 6.54 Å². The lowest BCUT2D eigenvalue weighted by Gasteiger charge is -2.08. The van der Waals surface area contributed by atoms with Gasteiger partial charge in [-0.05, 0) is 48.0 Å². The number of anilines is 1. The second-order valence-corrected chi connectivity index (χ2v) is 6.60. The number of fused-ring (bicyclic) bond motifs is 1. The van der Waals surface area contributed by atoms with Gasteiger partial charge in [0.2, 0.25) is 0 Å². The Morgan fingerprint density at radius 3 is 2.60 bits per heavy atom. The van der Waals surface area contributed by atoms with Gasteiger partial charge < -0.3 is 10.1 Å². The molecule has 0 unspecified atom stereocenters. The van der Waals surface area contributed by atoms with Gasteiger partial charge in [0.25, 0.3) is 5.91 Å². The standard InChI is InChI=1S/C22H18N4O4/c1-30-21(28)17-8-5-7-16(13-17)20(27)23-18-9-4-6-15(12-18)14-26-22(29)25-11-3-2-10-19(25)24-26/h2-13H,14H2,1H3,(H,23,27). The Bertz CT molecular complexity index is 1310. The lowest BCUT2D eigenvalue weighted by atomic mass is 10.1. The van der Waals surface area contributed by atoms with Crippen LogP contribution in [0.15, 0.2) is 77.7 Å². The minimum Gasteiger partial charge on any atom is -0.465 e. The zero-order valence-electron chi connectivity index (χ0n) is 16.1. The SMILES string of the molecule is COC(=O)c1cccc(C(=O)Nc2cccc(Cn3nc4ccccn4c3=O)c2)c1. The van der Waals surface area contributed by atoms with Gasteiger partial charge in [0.05, 0.1) is 19.2 Å². The lowest BCUT2D eigenvalue weighted by Crippen LogP contribution is -2.21. The average Bonchev–Trinajstić information content (AvgIpc) is 3.09. The number of benzene rings is 2. The summed E-state index contributed by atoms with van der Waals surface area (Å²) < 4.78 is 7.53. The molecule has 0 aliphatic carbocycles. The molecule has 0 atom stereocenters. The number of nitrogens with zero attached hydrogens (tertiary/aromatic N) is 3. The summed E-state index contributed by atoms with van der Waals surface area (Å²) in [5, 5.41) is 7.12. The second-order valence-electron chi connectivity index (χ2n) is 6.60. The summed E-state index contributed by atoms with van der Waals surface area (Å²) in [5.41, 5.74) is 2.33. The van der Waals surface area contributed by atoms with Crippen molar-refractivity contribution >= 4 is 23.2 Å². The molecule has 0 bridgehead atoms. The molecular weight excluding hydrogens is 384 g/mol. The first-order valence-corrected chi connectivity index (χ1v) is 9.18. The second kappa shape index (κ2) is 8.04. The van der Waals surface area contributed by atoms with Gasteiger partial charge in [-0.25, -0.2) is 14.3 Å². The molecule has 2 aromatic carbocycles. The first kappa shape index (κ1) is 19.1. The zero-order valence-corrected chi connectivity index (χ0v) is 16.1. The Kier molecular flexibility index (Phi) is 5.13. The van der Waals surface area contributed by atoms with E-state index in [1.54, 1.807) is 54.7 Å². The van der Waals surface area contributed by atoms with Crippen molar-refractivity contribution in [3.05, 3.63) is 100 Å². The Labute approximate surface area is 171 Å². The molecule has 4 rings (SSSR count). The van der Waals surface area contributed by atoms with Gasteiger partial charge in [-0.1, -0.05) is 24.3 Å². The van der Waals surface area contributed by atoms with E-state index in [-0.39, 0.29) is 18.1 Å². The Balaban J connectivity index is 1.53.